The molecule has 0 amide bonds. The van der Waals surface area contributed by atoms with Gasteiger partial charge in [-0.3, -0.25) is 4.79 Å². The summed E-state index contributed by atoms with van der Waals surface area (Å²) in [6.45, 7) is 0.708. The molecule has 1 rings (SSSR count). The van der Waals surface area contributed by atoms with Crippen LogP contribution >= 0.6 is 0 Å². The van der Waals surface area contributed by atoms with Crippen molar-refractivity contribution in [2.24, 2.45) is 0 Å². The zero-order chi connectivity index (χ0) is 10.8. The highest BCUT2D eigenvalue weighted by Gasteiger charge is 2.31. The van der Waals surface area contributed by atoms with Crippen LogP contribution in [-0.2, 0) is 19.6 Å². The van der Waals surface area contributed by atoms with Gasteiger partial charge in [0.05, 0.1) is 31.9 Å². The lowest BCUT2D eigenvalue weighted by Gasteiger charge is -2.32. The minimum Gasteiger partial charge on any atom is -0.481 e. The Morgan fingerprint density at radius 1 is 1.64 bits per heavy atom. The molecule has 6 nitrogen and oxygen atoms in total. The molecule has 1 aliphatic rings. The summed E-state index contributed by atoms with van der Waals surface area (Å²) >= 11 is 0. The van der Waals surface area contributed by atoms with Crippen LogP contribution < -0.4 is 0 Å². The summed E-state index contributed by atoms with van der Waals surface area (Å²) < 4.78 is 28.7. The largest absolute Gasteiger partial charge is 0.481 e. The number of nitrogens with zero attached hydrogens (tertiary/aromatic N) is 1. The van der Waals surface area contributed by atoms with Crippen LogP contribution in [0.5, 0.6) is 0 Å². The summed E-state index contributed by atoms with van der Waals surface area (Å²) in [4.78, 5) is 10.5. The topological polar surface area (TPSA) is 83.9 Å². The summed E-state index contributed by atoms with van der Waals surface area (Å²) in [6.07, 6.45) is 0.861. The smallest absolute Gasteiger partial charge is 0.305 e. The van der Waals surface area contributed by atoms with E-state index in [2.05, 4.69) is 0 Å². The van der Waals surface area contributed by atoms with Crippen molar-refractivity contribution in [2.75, 3.05) is 26.0 Å². The summed E-state index contributed by atoms with van der Waals surface area (Å²) in [7, 11) is -3.33. The Morgan fingerprint density at radius 3 is 2.79 bits per heavy atom. The lowest BCUT2D eigenvalue weighted by atomic mass is 10.2. The Kier molecular flexibility index (Phi) is 3.46. The van der Waals surface area contributed by atoms with Crippen LogP contribution in [0, 0.1) is 0 Å². The molecular weight excluding hydrogens is 210 g/mol. The first kappa shape index (κ1) is 11.4. The van der Waals surface area contributed by atoms with E-state index in [9.17, 15) is 13.2 Å². The molecule has 0 bridgehead atoms. The van der Waals surface area contributed by atoms with Crippen molar-refractivity contribution in [2.45, 2.75) is 12.5 Å². The Bertz CT molecular complexity index is 312. The summed E-state index contributed by atoms with van der Waals surface area (Å²) in [5, 5.41) is 8.57. The lowest BCUT2D eigenvalue weighted by Crippen LogP contribution is -2.49. The minimum absolute atomic E-state index is 0.152. The highest BCUT2D eigenvalue weighted by atomic mass is 32.2. The predicted octanol–water partition coefficient (Wildman–Crippen LogP) is -0.878. The lowest BCUT2D eigenvalue weighted by molar-refractivity contribution is -0.139. The average Bonchev–Trinajstić information content (AvgIpc) is 2.01. The average molecular weight is 223 g/mol. The molecular formula is C7H13NO5S. The molecule has 7 heteroatoms. The SMILES string of the molecule is CS(=O)(=O)N1CCOCC1CC(=O)O. The van der Waals surface area contributed by atoms with Crippen LogP contribution in [0.3, 0.4) is 0 Å². The maximum absolute atomic E-state index is 11.3. The highest BCUT2D eigenvalue weighted by molar-refractivity contribution is 7.88. The number of sulfonamides is 1. The van der Waals surface area contributed by atoms with E-state index in [1.165, 1.54) is 4.31 Å². The molecule has 0 radical (unpaired) electrons. The molecule has 0 spiro atoms. The van der Waals surface area contributed by atoms with Gasteiger partial charge < -0.3 is 9.84 Å². The van der Waals surface area contributed by atoms with Crippen molar-refractivity contribution in [1.29, 1.82) is 0 Å². The Hall–Kier alpha value is -0.660. The molecule has 0 aliphatic carbocycles. The van der Waals surface area contributed by atoms with Gasteiger partial charge in [0.2, 0.25) is 10.0 Å². The normalized spacial score (nSPS) is 24.8. The molecule has 0 saturated carbocycles. The molecule has 1 unspecified atom stereocenters. The fraction of sp³-hybridized carbons (Fsp3) is 0.857. The van der Waals surface area contributed by atoms with E-state index in [1.54, 1.807) is 0 Å². The van der Waals surface area contributed by atoms with Gasteiger partial charge in [0.15, 0.2) is 0 Å². The quantitative estimate of drug-likeness (QED) is 0.671. The Balaban J connectivity index is 2.74. The Morgan fingerprint density at radius 2 is 2.29 bits per heavy atom. The molecule has 0 aromatic carbocycles. The predicted molar refractivity (Wildman–Crippen MR) is 48.4 cm³/mol. The van der Waals surface area contributed by atoms with Crippen molar-refractivity contribution in [3.63, 3.8) is 0 Å². The standard InChI is InChI=1S/C7H13NO5S/c1-14(11,12)8-2-3-13-5-6(8)4-7(9)10/h6H,2-5H2,1H3,(H,9,10). The van der Waals surface area contributed by atoms with Crippen LogP contribution in [0.15, 0.2) is 0 Å². The van der Waals surface area contributed by atoms with Crippen LogP contribution in [0.4, 0.5) is 0 Å². The number of morpholine rings is 1. The fourth-order valence-electron chi connectivity index (χ4n) is 1.44. The van der Waals surface area contributed by atoms with Gasteiger partial charge in [-0.2, -0.15) is 4.31 Å². The van der Waals surface area contributed by atoms with E-state index in [1.807, 2.05) is 0 Å². The van der Waals surface area contributed by atoms with E-state index in [0.717, 1.165) is 6.26 Å². The number of rotatable bonds is 3. The van der Waals surface area contributed by atoms with Gasteiger partial charge in [-0.25, -0.2) is 8.42 Å². The second-order valence-electron chi connectivity index (χ2n) is 3.20. The first-order valence-electron chi connectivity index (χ1n) is 4.17. The third-order valence-electron chi connectivity index (χ3n) is 2.01. The number of carboxylic acid groups (broad SMARTS) is 1. The molecule has 82 valence electrons. The third-order valence-corrected chi connectivity index (χ3v) is 3.34. The number of hydrogen-bond acceptors (Lipinski definition) is 4. The molecule has 0 aromatic heterocycles. The first-order valence-corrected chi connectivity index (χ1v) is 6.02. The van der Waals surface area contributed by atoms with Crippen molar-refractivity contribution >= 4 is 16.0 Å². The minimum atomic E-state index is -3.33. The molecule has 1 fully saturated rings. The van der Waals surface area contributed by atoms with Crippen molar-refractivity contribution in [3.8, 4) is 0 Å². The molecule has 0 aromatic rings. The third kappa shape index (κ3) is 2.93. The zero-order valence-electron chi connectivity index (χ0n) is 7.84. The zero-order valence-corrected chi connectivity index (χ0v) is 8.66. The van der Waals surface area contributed by atoms with Crippen LogP contribution in [-0.4, -0.2) is 55.9 Å². The summed E-state index contributed by atoms with van der Waals surface area (Å²) in [6, 6.07) is -0.573. The second kappa shape index (κ2) is 4.24. The van der Waals surface area contributed by atoms with Gasteiger partial charge in [0.25, 0.3) is 0 Å². The maximum atomic E-state index is 11.3. The molecule has 1 heterocycles. The monoisotopic (exact) mass is 223 g/mol. The van der Waals surface area contributed by atoms with E-state index >= 15 is 0 Å². The van der Waals surface area contributed by atoms with Crippen LogP contribution in [0.1, 0.15) is 6.42 Å². The molecule has 1 atom stereocenters. The highest BCUT2D eigenvalue weighted by Crippen LogP contribution is 2.13. The Labute approximate surface area is 82.5 Å². The molecule has 1 saturated heterocycles. The number of hydrogen-bond donors (Lipinski definition) is 1. The van der Waals surface area contributed by atoms with Crippen molar-refractivity contribution in [3.05, 3.63) is 0 Å². The number of carboxylic acids is 1. The van der Waals surface area contributed by atoms with E-state index < -0.39 is 22.0 Å². The van der Waals surface area contributed by atoms with Gasteiger partial charge in [-0.1, -0.05) is 0 Å². The first-order chi connectivity index (χ1) is 6.41. The summed E-state index contributed by atoms with van der Waals surface area (Å²) in [5.74, 6) is -1.02. The number of carbonyl (C=O) groups is 1. The molecule has 1 aliphatic heterocycles. The van der Waals surface area contributed by atoms with Gasteiger partial charge in [0, 0.05) is 6.54 Å². The van der Waals surface area contributed by atoms with Gasteiger partial charge in [-0.15, -0.1) is 0 Å². The van der Waals surface area contributed by atoms with Gasteiger partial charge in [0.1, 0.15) is 0 Å². The van der Waals surface area contributed by atoms with Crippen molar-refractivity contribution in [1.82, 2.24) is 4.31 Å². The van der Waals surface area contributed by atoms with Gasteiger partial charge >= 0.3 is 5.97 Å². The van der Waals surface area contributed by atoms with Gasteiger partial charge in [-0.05, 0) is 0 Å². The van der Waals surface area contributed by atoms with Crippen LogP contribution in [0.25, 0.3) is 0 Å². The van der Waals surface area contributed by atoms with E-state index in [4.69, 9.17) is 9.84 Å². The molecule has 1 N–H and O–H groups in total. The second-order valence-corrected chi connectivity index (χ2v) is 5.14. The van der Waals surface area contributed by atoms with E-state index in [-0.39, 0.29) is 19.6 Å². The summed E-state index contributed by atoms with van der Waals surface area (Å²) in [5.41, 5.74) is 0. The number of aliphatic carboxylic acids is 1. The molecule has 14 heavy (non-hydrogen) atoms. The maximum Gasteiger partial charge on any atom is 0.305 e. The number of ether oxygens (including phenoxy) is 1. The van der Waals surface area contributed by atoms with Crippen molar-refractivity contribution < 1.29 is 23.1 Å². The van der Waals surface area contributed by atoms with E-state index in [0.29, 0.717) is 6.61 Å². The fourth-order valence-corrected chi connectivity index (χ4v) is 2.52. The van der Waals surface area contributed by atoms with Crippen LogP contribution in [0.2, 0.25) is 0 Å².